The smallest absolute Gasteiger partial charge is 0.271 e. The van der Waals surface area contributed by atoms with E-state index in [4.69, 9.17) is 5.73 Å². The van der Waals surface area contributed by atoms with Crippen molar-refractivity contribution in [1.29, 1.82) is 0 Å². The maximum atomic E-state index is 12.0. The van der Waals surface area contributed by atoms with Crippen LogP contribution >= 0.6 is 0 Å². The third-order valence-corrected chi connectivity index (χ3v) is 3.97. The summed E-state index contributed by atoms with van der Waals surface area (Å²) >= 11 is 0. The van der Waals surface area contributed by atoms with E-state index in [1.54, 1.807) is 7.05 Å². The standard InChI is InChI=1S/C13H22N4O2/c1-9-3-5-13(19,6-4-9)8-15-12(18)11-10(14)7-16-17(11)2/h7,9,19H,3-6,8,14H2,1-2H3,(H,15,18). The van der Waals surface area contributed by atoms with Crippen LogP contribution in [0.5, 0.6) is 0 Å². The summed E-state index contributed by atoms with van der Waals surface area (Å²) in [5, 5.41) is 17.1. The third kappa shape index (κ3) is 3.07. The van der Waals surface area contributed by atoms with Gasteiger partial charge in [-0.25, -0.2) is 0 Å². The van der Waals surface area contributed by atoms with Gasteiger partial charge >= 0.3 is 0 Å². The number of nitrogens with zero attached hydrogens (tertiary/aromatic N) is 2. The molecule has 1 heterocycles. The number of nitrogens with one attached hydrogen (secondary N) is 1. The molecule has 106 valence electrons. The molecule has 0 unspecified atom stereocenters. The minimum Gasteiger partial charge on any atom is -0.396 e. The highest BCUT2D eigenvalue weighted by molar-refractivity contribution is 5.97. The number of carbonyl (C=O) groups is 1. The van der Waals surface area contributed by atoms with Gasteiger partial charge in [0.2, 0.25) is 0 Å². The van der Waals surface area contributed by atoms with E-state index in [-0.39, 0.29) is 12.5 Å². The van der Waals surface area contributed by atoms with E-state index in [1.165, 1.54) is 10.9 Å². The fourth-order valence-electron chi connectivity index (χ4n) is 2.54. The molecule has 0 aliphatic heterocycles. The molecular formula is C13H22N4O2. The van der Waals surface area contributed by atoms with Gasteiger partial charge in [-0.3, -0.25) is 9.48 Å². The summed E-state index contributed by atoms with van der Waals surface area (Å²) in [5.41, 5.74) is 5.60. The number of hydrogen-bond acceptors (Lipinski definition) is 4. The van der Waals surface area contributed by atoms with Gasteiger partial charge in [-0.2, -0.15) is 5.10 Å². The zero-order valence-electron chi connectivity index (χ0n) is 11.5. The second-order valence-corrected chi connectivity index (χ2v) is 5.66. The molecule has 1 saturated carbocycles. The molecule has 2 rings (SSSR count). The molecule has 1 aliphatic carbocycles. The van der Waals surface area contributed by atoms with Crippen molar-refractivity contribution in [1.82, 2.24) is 15.1 Å². The first kappa shape index (κ1) is 13.9. The van der Waals surface area contributed by atoms with Crippen LogP contribution in [0.4, 0.5) is 5.69 Å². The first-order valence-electron chi connectivity index (χ1n) is 6.69. The van der Waals surface area contributed by atoms with Crippen molar-refractivity contribution >= 4 is 11.6 Å². The SMILES string of the molecule is CC1CCC(O)(CNC(=O)c2c(N)cnn2C)CC1. The normalized spacial score (nSPS) is 27.2. The Morgan fingerprint density at radius 2 is 2.26 bits per heavy atom. The predicted octanol–water partition coefficient (Wildman–Crippen LogP) is 0.673. The number of carbonyl (C=O) groups excluding carboxylic acids is 1. The van der Waals surface area contributed by atoms with Crippen LogP contribution in [-0.4, -0.2) is 32.9 Å². The van der Waals surface area contributed by atoms with E-state index in [0.29, 0.717) is 17.3 Å². The molecule has 1 aromatic rings. The van der Waals surface area contributed by atoms with E-state index in [0.717, 1.165) is 25.7 Å². The highest BCUT2D eigenvalue weighted by Gasteiger charge is 2.32. The quantitative estimate of drug-likeness (QED) is 0.749. The average Bonchev–Trinajstić information content (AvgIpc) is 2.71. The van der Waals surface area contributed by atoms with Crippen molar-refractivity contribution in [3.8, 4) is 0 Å². The number of nitrogen functional groups attached to an aromatic ring is 1. The minimum atomic E-state index is -0.782. The Bertz CT molecular complexity index is 442. The Morgan fingerprint density at radius 3 is 2.79 bits per heavy atom. The van der Waals surface area contributed by atoms with E-state index in [2.05, 4.69) is 17.3 Å². The molecule has 1 aromatic heterocycles. The molecule has 4 N–H and O–H groups in total. The Morgan fingerprint density at radius 1 is 1.63 bits per heavy atom. The molecule has 0 saturated heterocycles. The number of anilines is 1. The van der Waals surface area contributed by atoms with Crippen LogP contribution in [0.25, 0.3) is 0 Å². The Labute approximate surface area is 113 Å². The van der Waals surface area contributed by atoms with Gasteiger partial charge in [0, 0.05) is 13.6 Å². The summed E-state index contributed by atoms with van der Waals surface area (Å²) in [7, 11) is 1.67. The Hall–Kier alpha value is -1.56. The van der Waals surface area contributed by atoms with Gasteiger partial charge in [0.1, 0.15) is 5.69 Å². The van der Waals surface area contributed by atoms with Gasteiger partial charge in [-0.05, 0) is 31.6 Å². The minimum absolute atomic E-state index is 0.267. The van der Waals surface area contributed by atoms with E-state index in [1.807, 2.05) is 0 Å². The molecule has 0 aromatic carbocycles. The molecule has 19 heavy (non-hydrogen) atoms. The van der Waals surface area contributed by atoms with Crippen LogP contribution in [0.2, 0.25) is 0 Å². The molecule has 6 nitrogen and oxygen atoms in total. The lowest BCUT2D eigenvalue weighted by Gasteiger charge is -2.34. The number of aromatic nitrogens is 2. The van der Waals surface area contributed by atoms with Crippen molar-refractivity contribution in [3.05, 3.63) is 11.9 Å². The topological polar surface area (TPSA) is 93.2 Å². The van der Waals surface area contributed by atoms with Gasteiger partial charge in [0.25, 0.3) is 5.91 Å². The highest BCUT2D eigenvalue weighted by atomic mass is 16.3. The lowest BCUT2D eigenvalue weighted by molar-refractivity contribution is -0.00546. The molecule has 1 aliphatic rings. The van der Waals surface area contributed by atoms with Gasteiger partial charge in [-0.15, -0.1) is 0 Å². The summed E-state index contributed by atoms with van der Waals surface area (Å²) in [5.74, 6) is 0.369. The van der Waals surface area contributed by atoms with E-state index >= 15 is 0 Å². The van der Waals surface area contributed by atoms with Crippen LogP contribution < -0.4 is 11.1 Å². The number of hydrogen-bond donors (Lipinski definition) is 3. The Balaban J connectivity index is 1.94. The number of rotatable bonds is 3. The fraction of sp³-hybridized carbons (Fsp3) is 0.692. The second kappa shape index (κ2) is 5.21. The average molecular weight is 266 g/mol. The molecular weight excluding hydrogens is 244 g/mol. The first-order valence-corrected chi connectivity index (χ1v) is 6.69. The molecule has 0 atom stereocenters. The zero-order chi connectivity index (χ0) is 14.0. The van der Waals surface area contributed by atoms with Crippen molar-refractivity contribution in [3.63, 3.8) is 0 Å². The lowest BCUT2D eigenvalue weighted by atomic mass is 9.79. The molecule has 1 fully saturated rings. The molecule has 0 bridgehead atoms. The lowest BCUT2D eigenvalue weighted by Crippen LogP contribution is -2.45. The summed E-state index contributed by atoms with van der Waals surface area (Å²) < 4.78 is 1.44. The summed E-state index contributed by atoms with van der Waals surface area (Å²) in [6, 6.07) is 0. The number of amides is 1. The van der Waals surface area contributed by atoms with E-state index < -0.39 is 5.60 Å². The van der Waals surface area contributed by atoms with Crippen LogP contribution in [0.1, 0.15) is 43.1 Å². The monoisotopic (exact) mass is 266 g/mol. The Kier molecular flexibility index (Phi) is 3.80. The van der Waals surface area contributed by atoms with Crippen molar-refractivity contribution in [2.24, 2.45) is 13.0 Å². The van der Waals surface area contributed by atoms with Gasteiger partial charge in [0.05, 0.1) is 17.5 Å². The fourth-order valence-corrected chi connectivity index (χ4v) is 2.54. The molecule has 1 amide bonds. The summed E-state index contributed by atoms with van der Waals surface area (Å²) in [6.45, 7) is 2.46. The van der Waals surface area contributed by atoms with Crippen molar-refractivity contribution in [2.45, 2.75) is 38.2 Å². The number of nitrogens with two attached hydrogens (primary N) is 1. The largest absolute Gasteiger partial charge is 0.396 e. The van der Waals surface area contributed by atoms with Gasteiger partial charge in [-0.1, -0.05) is 6.92 Å². The third-order valence-electron chi connectivity index (χ3n) is 3.97. The summed E-state index contributed by atoms with van der Waals surface area (Å²) in [6.07, 6.45) is 4.91. The van der Waals surface area contributed by atoms with Crippen LogP contribution in [-0.2, 0) is 7.05 Å². The maximum absolute atomic E-state index is 12.0. The second-order valence-electron chi connectivity index (χ2n) is 5.66. The van der Waals surface area contributed by atoms with Gasteiger partial charge in [0.15, 0.2) is 0 Å². The van der Waals surface area contributed by atoms with Crippen LogP contribution in [0.3, 0.4) is 0 Å². The van der Waals surface area contributed by atoms with E-state index in [9.17, 15) is 9.90 Å². The zero-order valence-corrected chi connectivity index (χ0v) is 11.5. The molecule has 0 spiro atoms. The van der Waals surface area contributed by atoms with Gasteiger partial charge < -0.3 is 16.2 Å². The van der Waals surface area contributed by atoms with Crippen LogP contribution in [0, 0.1) is 5.92 Å². The maximum Gasteiger partial charge on any atom is 0.271 e. The van der Waals surface area contributed by atoms with Crippen molar-refractivity contribution < 1.29 is 9.90 Å². The number of aryl methyl sites for hydroxylation is 1. The highest BCUT2D eigenvalue weighted by Crippen LogP contribution is 2.31. The molecule has 6 heteroatoms. The van der Waals surface area contributed by atoms with Crippen molar-refractivity contribution in [2.75, 3.05) is 12.3 Å². The first-order chi connectivity index (χ1) is 8.91. The summed E-state index contributed by atoms with van der Waals surface area (Å²) in [4.78, 5) is 12.0. The number of aliphatic hydroxyl groups is 1. The predicted molar refractivity (Wildman–Crippen MR) is 72.5 cm³/mol. The molecule has 0 radical (unpaired) electrons. The van der Waals surface area contributed by atoms with Crippen LogP contribution in [0.15, 0.2) is 6.20 Å².